The minimum Gasteiger partial charge on any atom is -0.478 e. The average Bonchev–Trinajstić information content (AvgIpc) is 1.50. The fourth-order valence-electron chi connectivity index (χ4n) is 18.9. The number of hydrogen-bond acceptors (Lipinski definition) is 10. The Morgan fingerprint density at radius 3 is 0.331 bits per heavy atom. The number of aromatic nitrogens is 4. The number of carbonyl (C=O) groups is 10. The summed E-state index contributed by atoms with van der Waals surface area (Å²) >= 11 is 0. The Balaban J connectivity index is 0.999. The standard InChI is InChI=1S/C112H66N4O20/c117-103(118)65-17-1-57(2-18-65)73-33-41-89-81(49-73)82-50-74(58-3-19-66(20-4-58)104(119)120)34-42-90(82)113(89)99-97(111(133)134)101(115-93-45-37-77(61-9-25-69(26-10-61)107(125)126)53-85(93)86-54-78(38-46-94(86)115)62-11-27-70(28-12-62)108(127)128)102(116-95-47-39-79(63-13-29-71(30-14-63)109(129)130)55-87(95)88-56-80(40-48-96(88)116)64-15-31-72(32-16-64)110(131)132)98(112(135)136)100(99)114-91-43-35-75(59-5-21-67(22-6-59)105(121)122)51-83(91)84-52-76(36-44-92(84)114)60-7-23-68(24-8-60)106(123)124/h1-56H,(H,117,118)(H,119,120)(H,121,122)(H,123,124)(H,125,126)(H,127,128)(H,129,130)(H,131,132)(H,133,134)(H,135,136). The van der Waals surface area contributed by atoms with Gasteiger partial charge in [0, 0.05) is 43.1 Å². The van der Waals surface area contributed by atoms with Gasteiger partial charge in [0.05, 0.1) is 111 Å². The molecule has 0 spiro atoms. The summed E-state index contributed by atoms with van der Waals surface area (Å²) in [4.78, 5) is 134. The number of hydrogen-bond donors (Lipinski definition) is 10. The van der Waals surface area contributed by atoms with E-state index in [2.05, 4.69) is 0 Å². The maximum atomic E-state index is 17.2. The molecule has 0 unspecified atom stereocenters. The lowest BCUT2D eigenvalue weighted by Crippen LogP contribution is -2.23. The summed E-state index contributed by atoms with van der Waals surface area (Å²) in [5.41, 5.74) is 8.97. The highest BCUT2D eigenvalue weighted by atomic mass is 16.4. The van der Waals surface area contributed by atoms with Crippen molar-refractivity contribution in [2.24, 2.45) is 0 Å². The van der Waals surface area contributed by atoms with Crippen LogP contribution >= 0.6 is 0 Å². The lowest BCUT2D eigenvalue weighted by Gasteiger charge is -2.28. The van der Waals surface area contributed by atoms with Crippen LogP contribution in [0, 0.1) is 0 Å². The molecule has 0 aliphatic rings. The van der Waals surface area contributed by atoms with Gasteiger partial charge < -0.3 is 69.3 Å². The largest absolute Gasteiger partial charge is 0.478 e. The van der Waals surface area contributed by atoms with Gasteiger partial charge in [-0.3, -0.25) is 0 Å². The van der Waals surface area contributed by atoms with E-state index >= 15 is 9.59 Å². The summed E-state index contributed by atoms with van der Waals surface area (Å²) in [6.45, 7) is 0. The minimum atomic E-state index is -1.63. The van der Waals surface area contributed by atoms with Gasteiger partial charge >= 0.3 is 59.7 Å². The fourth-order valence-corrected chi connectivity index (χ4v) is 18.9. The number of benzene rings is 17. The monoisotopic (exact) mass is 1790 g/mol. The van der Waals surface area contributed by atoms with Crippen molar-refractivity contribution >= 4 is 147 Å². The predicted octanol–water partition coefficient (Wildman–Crippen LogP) is 24.4. The van der Waals surface area contributed by atoms with Crippen molar-refractivity contribution in [2.45, 2.75) is 0 Å². The molecule has 4 aromatic heterocycles. The van der Waals surface area contributed by atoms with Crippen LogP contribution in [0.25, 0.3) is 199 Å². The second-order valence-electron chi connectivity index (χ2n) is 33.0. The molecule has 0 radical (unpaired) electrons. The van der Waals surface area contributed by atoms with Gasteiger partial charge in [-0.25, -0.2) is 47.9 Å². The van der Waals surface area contributed by atoms with Gasteiger partial charge in [0.15, 0.2) is 0 Å². The van der Waals surface area contributed by atoms with Crippen LogP contribution in [0.4, 0.5) is 0 Å². The fraction of sp³-hybridized carbons (Fsp3) is 0. The molecule has 10 N–H and O–H groups in total. The molecule has 0 saturated carbocycles. The van der Waals surface area contributed by atoms with Gasteiger partial charge in [0.2, 0.25) is 0 Å². The van der Waals surface area contributed by atoms with E-state index in [9.17, 15) is 89.4 Å². The van der Waals surface area contributed by atoms with Gasteiger partial charge in [-0.05, 0) is 283 Å². The van der Waals surface area contributed by atoms with E-state index in [-0.39, 0.29) is 111 Å². The zero-order valence-corrected chi connectivity index (χ0v) is 70.7. The van der Waals surface area contributed by atoms with Crippen LogP contribution in [-0.4, -0.2) is 129 Å². The summed E-state index contributed by atoms with van der Waals surface area (Å²) in [7, 11) is 0. The van der Waals surface area contributed by atoms with Gasteiger partial charge in [-0.1, -0.05) is 146 Å². The third kappa shape index (κ3) is 14.0. The molecular weight excluding hydrogens is 1720 g/mol. The molecule has 0 saturated heterocycles. The van der Waals surface area contributed by atoms with Gasteiger partial charge in [0.25, 0.3) is 0 Å². The van der Waals surface area contributed by atoms with E-state index in [1.54, 1.807) is 212 Å². The Labute approximate surface area is 766 Å². The maximum absolute atomic E-state index is 17.2. The second kappa shape index (κ2) is 32.4. The van der Waals surface area contributed by atoms with Gasteiger partial charge in [-0.2, -0.15) is 0 Å². The first-order chi connectivity index (χ1) is 65.7. The lowest BCUT2D eigenvalue weighted by molar-refractivity contribution is 0.0681. The quantitative estimate of drug-likeness (QED) is 0.0301. The second-order valence-corrected chi connectivity index (χ2v) is 33.0. The molecule has 21 rings (SSSR count). The van der Waals surface area contributed by atoms with Crippen LogP contribution in [0.2, 0.25) is 0 Å². The number of aromatic carboxylic acids is 10. The van der Waals surface area contributed by atoms with E-state index < -0.39 is 70.8 Å². The summed E-state index contributed by atoms with van der Waals surface area (Å²) in [5.74, 6) is -12.7. The summed E-state index contributed by atoms with van der Waals surface area (Å²) in [6.07, 6.45) is 0. The number of carboxylic acid groups (broad SMARTS) is 10. The molecule has 17 aromatic carbocycles. The first-order valence-electron chi connectivity index (χ1n) is 42.4. The molecular formula is C112H66N4O20. The van der Waals surface area contributed by atoms with Crippen LogP contribution in [0.5, 0.6) is 0 Å². The molecule has 0 amide bonds. The van der Waals surface area contributed by atoms with E-state index in [0.29, 0.717) is 132 Å². The SMILES string of the molecule is O=C(O)c1ccc(-c2ccc3c(c2)c2cc(-c4ccc(C(=O)O)cc4)ccc2n3-c2c(C(=O)O)c(-n3c4ccc(-c5ccc(C(=O)O)cc5)cc4c4cc(-c5ccc(C(=O)O)cc5)ccc43)c(-n3c4ccc(-c5ccc(C(=O)O)cc5)cc4c4cc(-c5ccc(C(=O)O)cc5)ccc43)c(C(=O)O)c2-n2c3ccc(-c4ccc(C(=O)O)cc4)cc3c3cc(-c4ccc(C(=O)O)cc4)ccc32)cc1. The summed E-state index contributed by atoms with van der Waals surface area (Å²) in [5, 5.41) is 113. The van der Waals surface area contributed by atoms with Crippen LogP contribution < -0.4 is 0 Å². The molecule has 0 aliphatic carbocycles. The predicted molar refractivity (Wildman–Crippen MR) is 517 cm³/mol. The highest BCUT2D eigenvalue weighted by Gasteiger charge is 2.40. The number of carboxylic acids is 10. The zero-order chi connectivity index (χ0) is 94.2. The molecule has 136 heavy (non-hydrogen) atoms. The van der Waals surface area contributed by atoms with Gasteiger partial charge in [-0.15, -0.1) is 0 Å². The normalized spacial score (nSPS) is 11.5. The Hall–Kier alpha value is -19.4. The molecule has 0 atom stereocenters. The lowest BCUT2D eigenvalue weighted by atomic mass is 9.96. The van der Waals surface area contributed by atoms with Crippen molar-refractivity contribution in [2.75, 3.05) is 0 Å². The smallest absolute Gasteiger partial charge is 0.340 e. The molecule has 654 valence electrons. The van der Waals surface area contributed by atoms with Crippen LogP contribution in [-0.2, 0) is 0 Å². The molecule has 24 heteroatoms. The number of fused-ring (bicyclic) bond motifs is 12. The Bertz CT molecular complexity index is 7380. The van der Waals surface area contributed by atoms with Crippen LogP contribution in [0.1, 0.15) is 104 Å². The highest BCUT2D eigenvalue weighted by molar-refractivity contribution is 6.22. The molecule has 0 aliphatic heterocycles. The van der Waals surface area contributed by atoms with Crippen molar-refractivity contribution in [3.8, 4) is 112 Å². The molecule has 21 aromatic rings. The van der Waals surface area contributed by atoms with E-state index in [1.807, 2.05) is 48.5 Å². The third-order valence-corrected chi connectivity index (χ3v) is 25.5. The first kappa shape index (κ1) is 83.5. The molecule has 4 heterocycles. The molecule has 0 fully saturated rings. The van der Waals surface area contributed by atoms with Gasteiger partial charge in [0.1, 0.15) is 11.1 Å². The topological polar surface area (TPSA) is 393 Å². The Kier molecular flexibility index (Phi) is 19.9. The zero-order valence-electron chi connectivity index (χ0n) is 70.7. The summed E-state index contributed by atoms with van der Waals surface area (Å²) < 4.78 is 6.86. The number of rotatable bonds is 22. The van der Waals surface area contributed by atoms with Crippen molar-refractivity contribution in [1.29, 1.82) is 0 Å². The summed E-state index contributed by atoms with van der Waals surface area (Å²) in [6, 6.07) is 92.8. The Morgan fingerprint density at radius 2 is 0.235 bits per heavy atom. The van der Waals surface area contributed by atoms with Crippen molar-refractivity contribution < 1.29 is 99.0 Å². The molecule has 24 nitrogen and oxygen atoms in total. The average molecular weight is 1790 g/mol. The third-order valence-electron chi connectivity index (χ3n) is 25.5. The minimum absolute atomic E-state index is 0.00259. The maximum Gasteiger partial charge on any atom is 0.340 e. The first-order valence-corrected chi connectivity index (χ1v) is 42.4. The highest BCUT2D eigenvalue weighted by Crippen LogP contribution is 2.52. The van der Waals surface area contributed by atoms with E-state index in [4.69, 9.17) is 0 Å². The van der Waals surface area contributed by atoms with Crippen molar-refractivity contribution in [3.05, 3.63) is 395 Å². The molecule has 0 bridgehead atoms. The van der Waals surface area contributed by atoms with Crippen molar-refractivity contribution in [1.82, 2.24) is 18.3 Å². The van der Waals surface area contributed by atoms with Crippen LogP contribution in [0.3, 0.4) is 0 Å². The van der Waals surface area contributed by atoms with Crippen molar-refractivity contribution in [3.63, 3.8) is 0 Å². The number of nitrogens with zero attached hydrogens (tertiary/aromatic N) is 4. The van der Waals surface area contributed by atoms with Crippen LogP contribution in [0.15, 0.2) is 340 Å². The van der Waals surface area contributed by atoms with E-state index in [0.717, 1.165) is 0 Å². The Morgan fingerprint density at radius 1 is 0.132 bits per heavy atom. The van der Waals surface area contributed by atoms with E-state index in [1.165, 1.54) is 97.1 Å².